The lowest BCUT2D eigenvalue weighted by Gasteiger charge is -2.38. The minimum absolute atomic E-state index is 0.00381. The minimum atomic E-state index is -0.00381. The van der Waals surface area contributed by atoms with Gasteiger partial charge in [0.1, 0.15) is 0 Å². The zero-order valence-electron chi connectivity index (χ0n) is 26.3. The molecule has 4 aliphatic carbocycles. The Morgan fingerprint density at radius 3 is 2.48 bits per heavy atom. The van der Waals surface area contributed by atoms with Gasteiger partial charge in [-0.2, -0.15) is 0 Å². The van der Waals surface area contributed by atoms with Gasteiger partial charge in [0.25, 0.3) is 0 Å². The highest BCUT2D eigenvalue weighted by atomic mass is 15.0. The summed E-state index contributed by atoms with van der Waals surface area (Å²) in [5.74, 6) is 0.205. The Hall–Kier alpha value is -5.14. The van der Waals surface area contributed by atoms with Crippen molar-refractivity contribution in [2.75, 3.05) is 0 Å². The van der Waals surface area contributed by atoms with Crippen molar-refractivity contribution in [3.05, 3.63) is 179 Å². The van der Waals surface area contributed by atoms with E-state index in [1.54, 1.807) is 5.57 Å². The van der Waals surface area contributed by atoms with Gasteiger partial charge in [-0.25, -0.2) is 0 Å². The molecule has 220 valence electrons. The number of nitrogens with zero attached hydrogens (tertiary/aromatic N) is 1. The highest BCUT2D eigenvalue weighted by molar-refractivity contribution is 6.13. The van der Waals surface area contributed by atoms with E-state index in [2.05, 4.69) is 158 Å². The SMILES string of the molecule is CC1(C)C2=C(C=CCC2)c2ccc3c(c21)c1ccccc1n3C1c2ccccc2C(c2ccc3ccccc3c2)=C2C=CC=CC21. The summed E-state index contributed by atoms with van der Waals surface area (Å²) >= 11 is 0. The van der Waals surface area contributed by atoms with Crippen LogP contribution in [0.1, 0.15) is 60.5 Å². The maximum Gasteiger partial charge on any atom is 0.0701 e. The molecule has 10 rings (SSSR count). The molecule has 1 heterocycles. The third-order valence-electron chi connectivity index (χ3n) is 11.3. The first-order chi connectivity index (χ1) is 22.6. The van der Waals surface area contributed by atoms with E-state index in [0.29, 0.717) is 0 Å². The molecule has 0 aliphatic heterocycles. The van der Waals surface area contributed by atoms with E-state index in [1.165, 1.54) is 77.1 Å². The van der Waals surface area contributed by atoms with Crippen molar-refractivity contribution in [1.82, 2.24) is 4.57 Å². The largest absolute Gasteiger partial charge is 0.332 e. The highest BCUT2D eigenvalue weighted by Gasteiger charge is 2.41. The molecule has 0 N–H and O–H groups in total. The van der Waals surface area contributed by atoms with Gasteiger partial charge in [0.2, 0.25) is 0 Å². The average Bonchev–Trinajstić information content (AvgIpc) is 3.55. The van der Waals surface area contributed by atoms with E-state index in [-0.39, 0.29) is 17.4 Å². The Morgan fingerprint density at radius 1 is 0.717 bits per heavy atom. The number of para-hydroxylation sites is 1. The predicted molar refractivity (Wildman–Crippen MR) is 194 cm³/mol. The number of hydrogen-bond donors (Lipinski definition) is 0. The number of aromatic nitrogens is 1. The van der Waals surface area contributed by atoms with Crippen molar-refractivity contribution in [2.45, 2.75) is 38.1 Å². The van der Waals surface area contributed by atoms with Gasteiger partial charge in [-0.05, 0) is 86.3 Å². The van der Waals surface area contributed by atoms with Gasteiger partial charge in [0.05, 0.1) is 11.6 Å². The molecule has 0 radical (unpaired) electrons. The number of fused-ring (bicyclic) bond motifs is 9. The van der Waals surface area contributed by atoms with Crippen LogP contribution in [-0.4, -0.2) is 4.57 Å². The predicted octanol–water partition coefficient (Wildman–Crippen LogP) is 11.5. The summed E-state index contributed by atoms with van der Waals surface area (Å²) in [6, 6.07) is 39.0. The maximum atomic E-state index is 2.69. The highest BCUT2D eigenvalue weighted by Crippen LogP contribution is 2.56. The van der Waals surface area contributed by atoms with Gasteiger partial charge in [-0.3, -0.25) is 0 Å². The van der Waals surface area contributed by atoms with Crippen molar-refractivity contribution in [1.29, 1.82) is 0 Å². The first-order valence-corrected chi connectivity index (χ1v) is 16.8. The Kier molecular flexibility index (Phi) is 5.36. The molecule has 1 nitrogen and oxygen atoms in total. The van der Waals surface area contributed by atoms with Crippen molar-refractivity contribution < 1.29 is 0 Å². The van der Waals surface area contributed by atoms with Crippen LogP contribution in [0.4, 0.5) is 0 Å². The Morgan fingerprint density at radius 2 is 1.54 bits per heavy atom. The van der Waals surface area contributed by atoms with Crippen molar-refractivity contribution in [3.63, 3.8) is 0 Å². The fourth-order valence-corrected chi connectivity index (χ4v) is 9.36. The summed E-state index contributed by atoms with van der Waals surface area (Å²) in [4.78, 5) is 0. The molecule has 4 aliphatic rings. The Bertz CT molecular complexity index is 2450. The zero-order valence-corrected chi connectivity index (χ0v) is 26.3. The molecule has 2 atom stereocenters. The van der Waals surface area contributed by atoms with Gasteiger partial charge < -0.3 is 4.57 Å². The van der Waals surface area contributed by atoms with Gasteiger partial charge in [-0.15, -0.1) is 0 Å². The van der Waals surface area contributed by atoms with Crippen LogP contribution in [-0.2, 0) is 5.41 Å². The number of rotatable bonds is 2. The fourth-order valence-electron chi connectivity index (χ4n) is 9.36. The standard InChI is InChI=1S/C45H35N/c1-45(2)38-21-11-9-15-31(38)34-25-26-40-42(43(34)45)37-20-10-12-22-39(37)46(40)44-35-18-7-5-16-32(35)41(33-17-6-8-19-36(33)44)30-24-23-28-13-3-4-14-29(28)27-30/h3-10,12-20,22-27,35,44H,11,21H2,1-2H3. The molecule has 0 saturated heterocycles. The molecule has 5 aromatic carbocycles. The summed E-state index contributed by atoms with van der Waals surface area (Å²) in [5, 5.41) is 5.36. The molecule has 1 heteroatoms. The molecular formula is C45H35N. The van der Waals surface area contributed by atoms with E-state index in [0.717, 1.165) is 12.8 Å². The van der Waals surface area contributed by atoms with E-state index >= 15 is 0 Å². The molecule has 1 aromatic heterocycles. The van der Waals surface area contributed by atoms with Gasteiger partial charge in [-0.1, -0.05) is 141 Å². The maximum absolute atomic E-state index is 2.69. The van der Waals surface area contributed by atoms with Crippen LogP contribution in [0.15, 0.2) is 151 Å². The molecule has 0 fully saturated rings. The Labute approximate surface area is 270 Å². The molecule has 0 amide bonds. The first kappa shape index (κ1) is 26.1. The van der Waals surface area contributed by atoms with Gasteiger partial charge >= 0.3 is 0 Å². The van der Waals surface area contributed by atoms with Crippen LogP contribution in [0.2, 0.25) is 0 Å². The van der Waals surface area contributed by atoms with Gasteiger partial charge in [0, 0.05) is 27.6 Å². The molecule has 0 spiro atoms. The number of benzene rings is 5. The zero-order chi connectivity index (χ0) is 30.6. The third kappa shape index (κ3) is 3.41. The lowest BCUT2D eigenvalue weighted by Crippen LogP contribution is -2.27. The summed E-state index contributed by atoms with van der Waals surface area (Å²) in [6.45, 7) is 4.92. The van der Waals surface area contributed by atoms with E-state index in [9.17, 15) is 0 Å². The van der Waals surface area contributed by atoms with Crippen molar-refractivity contribution >= 4 is 43.7 Å². The molecule has 2 unspecified atom stereocenters. The summed E-state index contributed by atoms with van der Waals surface area (Å²) in [6.07, 6.45) is 16.3. The minimum Gasteiger partial charge on any atom is -0.332 e. The van der Waals surface area contributed by atoms with E-state index in [4.69, 9.17) is 0 Å². The second-order valence-corrected chi connectivity index (χ2v) is 13.9. The normalized spacial score (nSPS) is 20.8. The second kappa shape index (κ2) is 9.44. The molecule has 6 aromatic rings. The average molecular weight is 590 g/mol. The summed E-state index contributed by atoms with van der Waals surface area (Å²) in [5.41, 5.74) is 15.4. The lowest BCUT2D eigenvalue weighted by molar-refractivity contribution is 0.516. The van der Waals surface area contributed by atoms with Crippen LogP contribution in [0.25, 0.3) is 43.7 Å². The topological polar surface area (TPSA) is 4.93 Å². The number of allylic oxidation sites excluding steroid dienone is 9. The Balaban J connectivity index is 1.27. The second-order valence-electron chi connectivity index (χ2n) is 13.9. The smallest absolute Gasteiger partial charge is 0.0701 e. The van der Waals surface area contributed by atoms with Gasteiger partial charge in [0.15, 0.2) is 0 Å². The summed E-state index contributed by atoms with van der Waals surface area (Å²) < 4.78 is 2.69. The van der Waals surface area contributed by atoms with Crippen LogP contribution >= 0.6 is 0 Å². The van der Waals surface area contributed by atoms with E-state index in [1.807, 2.05) is 0 Å². The molecule has 0 saturated carbocycles. The quantitative estimate of drug-likeness (QED) is 0.189. The fraction of sp³-hybridized carbons (Fsp3) is 0.156. The first-order valence-electron chi connectivity index (χ1n) is 16.8. The van der Waals surface area contributed by atoms with Crippen LogP contribution in [0.5, 0.6) is 0 Å². The van der Waals surface area contributed by atoms with Crippen LogP contribution < -0.4 is 0 Å². The summed E-state index contributed by atoms with van der Waals surface area (Å²) in [7, 11) is 0. The third-order valence-corrected chi connectivity index (χ3v) is 11.3. The molecule has 0 bridgehead atoms. The molecule has 46 heavy (non-hydrogen) atoms. The van der Waals surface area contributed by atoms with E-state index < -0.39 is 0 Å². The van der Waals surface area contributed by atoms with Crippen LogP contribution in [0, 0.1) is 5.92 Å². The molecular weight excluding hydrogens is 555 g/mol. The monoisotopic (exact) mass is 589 g/mol. The van der Waals surface area contributed by atoms with Crippen molar-refractivity contribution in [3.8, 4) is 0 Å². The number of hydrogen-bond acceptors (Lipinski definition) is 0. The van der Waals surface area contributed by atoms with Crippen LogP contribution in [0.3, 0.4) is 0 Å². The lowest BCUT2D eigenvalue weighted by atomic mass is 9.71. The van der Waals surface area contributed by atoms with Crippen molar-refractivity contribution in [2.24, 2.45) is 5.92 Å².